The van der Waals surface area contributed by atoms with Crippen LogP contribution in [-0.4, -0.2) is 26.9 Å². The number of aromatic nitrogens is 4. The minimum atomic E-state index is -4.55. The van der Waals surface area contributed by atoms with Crippen molar-refractivity contribution >= 4 is 0 Å². The van der Waals surface area contributed by atoms with Gasteiger partial charge in [0.05, 0.1) is 19.0 Å². The maximum atomic E-state index is 12.6. The molecule has 2 aromatic heterocycles. The fourth-order valence-corrected chi connectivity index (χ4v) is 1.36. The van der Waals surface area contributed by atoms with Crippen LogP contribution in [0.2, 0.25) is 0 Å². The fraction of sp³-hybridized carbons (Fsp3) is 0.300. The first kappa shape index (κ1) is 12.3. The van der Waals surface area contributed by atoms with Crippen LogP contribution >= 0.6 is 0 Å². The van der Waals surface area contributed by atoms with Crippen LogP contribution in [0.25, 0.3) is 11.3 Å². The number of aryl methyl sites for hydroxylation is 1. The summed E-state index contributed by atoms with van der Waals surface area (Å²) in [6.45, 7) is 0. The lowest BCUT2D eigenvalue weighted by molar-refractivity contribution is -0.141. The van der Waals surface area contributed by atoms with Crippen molar-refractivity contribution in [3.8, 4) is 17.3 Å². The number of halogens is 3. The van der Waals surface area contributed by atoms with Crippen molar-refractivity contribution < 1.29 is 17.9 Å². The van der Waals surface area contributed by atoms with E-state index in [4.69, 9.17) is 0 Å². The van der Waals surface area contributed by atoms with Crippen molar-refractivity contribution in [2.24, 2.45) is 7.05 Å². The zero-order chi connectivity index (χ0) is 13.3. The zero-order valence-corrected chi connectivity index (χ0v) is 9.56. The Balaban J connectivity index is 2.54. The van der Waals surface area contributed by atoms with Gasteiger partial charge in [-0.15, -0.1) is 0 Å². The van der Waals surface area contributed by atoms with Gasteiger partial charge in [-0.25, -0.2) is 0 Å². The number of nitrogens with zero attached hydrogens (tertiary/aromatic N) is 4. The highest BCUT2D eigenvalue weighted by molar-refractivity contribution is 5.57. The van der Waals surface area contributed by atoms with Crippen molar-refractivity contribution in [1.82, 2.24) is 19.7 Å². The number of methoxy groups -OCH3 is 1. The average molecular weight is 258 g/mol. The van der Waals surface area contributed by atoms with Crippen molar-refractivity contribution in [2.75, 3.05) is 7.11 Å². The SMILES string of the molecule is COc1nc(-c2cnn(C)c2)cc(C(F)(F)F)n1. The minimum Gasteiger partial charge on any atom is -0.467 e. The fourth-order valence-electron chi connectivity index (χ4n) is 1.36. The first-order valence-corrected chi connectivity index (χ1v) is 4.89. The van der Waals surface area contributed by atoms with Crippen LogP contribution in [0.4, 0.5) is 13.2 Å². The number of hydrogen-bond acceptors (Lipinski definition) is 4. The van der Waals surface area contributed by atoms with Gasteiger partial charge in [-0.2, -0.15) is 28.2 Å². The van der Waals surface area contributed by atoms with E-state index in [2.05, 4.69) is 19.8 Å². The van der Waals surface area contributed by atoms with Gasteiger partial charge in [-0.05, 0) is 6.07 Å². The highest BCUT2D eigenvalue weighted by Gasteiger charge is 2.34. The van der Waals surface area contributed by atoms with Crippen molar-refractivity contribution in [3.63, 3.8) is 0 Å². The van der Waals surface area contributed by atoms with Gasteiger partial charge >= 0.3 is 12.2 Å². The maximum Gasteiger partial charge on any atom is 0.433 e. The van der Waals surface area contributed by atoms with Gasteiger partial charge in [0.2, 0.25) is 0 Å². The Morgan fingerprint density at radius 1 is 1.28 bits per heavy atom. The second-order valence-corrected chi connectivity index (χ2v) is 3.53. The standard InChI is InChI=1S/C10H9F3N4O/c1-17-5-6(4-14-17)7-3-8(10(11,12)13)16-9(15-7)18-2/h3-5H,1-2H3. The molecule has 0 aliphatic carbocycles. The van der Waals surface area contributed by atoms with E-state index in [-0.39, 0.29) is 11.7 Å². The van der Waals surface area contributed by atoms with Crippen LogP contribution in [0, 0.1) is 0 Å². The van der Waals surface area contributed by atoms with E-state index in [0.717, 1.165) is 6.07 Å². The highest BCUT2D eigenvalue weighted by Crippen LogP contribution is 2.31. The molecule has 0 saturated heterocycles. The van der Waals surface area contributed by atoms with Gasteiger partial charge in [-0.3, -0.25) is 4.68 Å². The van der Waals surface area contributed by atoms with Crippen LogP contribution < -0.4 is 4.74 Å². The van der Waals surface area contributed by atoms with Crippen molar-refractivity contribution in [2.45, 2.75) is 6.18 Å². The largest absolute Gasteiger partial charge is 0.467 e. The molecule has 0 unspecified atom stereocenters. The van der Waals surface area contributed by atoms with Gasteiger partial charge < -0.3 is 4.74 Å². The van der Waals surface area contributed by atoms with E-state index < -0.39 is 11.9 Å². The monoisotopic (exact) mass is 258 g/mol. The first-order chi connectivity index (χ1) is 8.40. The van der Waals surface area contributed by atoms with E-state index in [9.17, 15) is 13.2 Å². The molecule has 0 amide bonds. The molecule has 8 heteroatoms. The summed E-state index contributed by atoms with van der Waals surface area (Å²) in [6, 6.07) is 0.531. The third kappa shape index (κ3) is 2.41. The Hall–Kier alpha value is -2.12. The normalized spacial score (nSPS) is 11.6. The molecule has 18 heavy (non-hydrogen) atoms. The molecule has 2 aromatic rings. The molecular formula is C10H9F3N4O. The molecule has 5 nitrogen and oxygen atoms in total. The second-order valence-electron chi connectivity index (χ2n) is 3.53. The summed E-state index contributed by atoms with van der Waals surface area (Å²) in [6.07, 6.45) is -1.57. The van der Waals surface area contributed by atoms with Gasteiger partial charge in [0.15, 0.2) is 5.69 Å². The van der Waals surface area contributed by atoms with Gasteiger partial charge in [0.1, 0.15) is 0 Å². The van der Waals surface area contributed by atoms with Crippen molar-refractivity contribution in [1.29, 1.82) is 0 Å². The average Bonchev–Trinajstić information content (AvgIpc) is 2.74. The Bertz CT molecular complexity index is 564. The van der Waals surface area contributed by atoms with Crippen LogP contribution in [-0.2, 0) is 13.2 Å². The Morgan fingerprint density at radius 2 is 2.00 bits per heavy atom. The number of alkyl halides is 3. The van der Waals surface area contributed by atoms with Crippen LogP contribution in [0.15, 0.2) is 18.5 Å². The first-order valence-electron chi connectivity index (χ1n) is 4.89. The molecule has 2 rings (SSSR count). The number of rotatable bonds is 2. The third-order valence-corrected chi connectivity index (χ3v) is 2.18. The molecule has 0 atom stereocenters. The molecule has 0 fully saturated rings. The summed E-state index contributed by atoms with van der Waals surface area (Å²) in [7, 11) is 2.87. The lowest BCUT2D eigenvalue weighted by atomic mass is 10.2. The second kappa shape index (κ2) is 4.28. The molecule has 2 heterocycles. The minimum absolute atomic E-state index is 0.113. The molecule has 0 N–H and O–H groups in total. The Labute approximate surface area is 100 Å². The van der Waals surface area contributed by atoms with Gasteiger partial charge in [-0.1, -0.05) is 0 Å². The molecule has 0 aliphatic rings. The molecule has 0 bridgehead atoms. The third-order valence-electron chi connectivity index (χ3n) is 2.18. The molecule has 0 saturated carbocycles. The predicted molar refractivity (Wildman–Crippen MR) is 55.8 cm³/mol. The van der Waals surface area contributed by atoms with Gasteiger partial charge in [0, 0.05) is 18.8 Å². The molecular weight excluding hydrogens is 249 g/mol. The molecule has 0 aromatic carbocycles. The molecule has 0 radical (unpaired) electrons. The lowest BCUT2D eigenvalue weighted by Gasteiger charge is -2.08. The summed E-state index contributed by atoms with van der Waals surface area (Å²) >= 11 is 0. The maximum absolute atomic E-state index is 12.6. The molecule has 0 aliphatic heterocycles. The molecule has 96 valence electrons. The topological polar surface area (TPSA) is 52.8 Å². The van der Waals surface area contributed by atoms with Crippen LogP contribution in [0.3, 0.4) is 0 Å². The van der Waals surface area contributed by atoms with E-state index in [1.54, 1.807) is 13.2 Å². The van der Waals surface area contributed by atoms with E-state index in [1.807, 2.05) is 0 Å². The number of hydrogen-bond donors (Lipinski definition) is 0. The lowest BCUT2D eigenvalue weighted by Crippen LogP contribution is -2.10. The van der Waals surface area contributed by atoms with E-state index in [0.29, 0.717) is 5.56 Å². The Kier molecular flexibility index (Phi) is 2.93. The van der Waals surface area contributed by atoms with Crippen molar-refractivity contribution in [3.05, 3.63) is 24.2 Å². The summed E-state index contributed by atoms with van der Waals surface area (Å²) in [5, 5.41) is 3.87. The highest BCUT2D eigenvalue weighted by atomic mass is 19.4. The zero-order valence-electron chi connectivity index (χ0n) is 9.56. The summed E-state index contributed by atoms with van der Waals surface area (Å²) in [5.41, 5.74) is -0.473. The van der Waals surface area contributed by atoms with Crippen LogP contribution in [0.5, 0.6) is 6.01 Å². The smallest absolute Gasteiger partial charge is 0.433 e. The summed E-state index contributed by atoms with van der Waals surface area (Å²) in [4.78, 5) is 7.13. The number of ether oxygens (including phenoxy) is 1. The van der Waals surface area contributed by atoms with E-state index in [1.165, 1.54) is 18.0 Å². The molecule has 0 spiro atoms. The summed E-state index contributed by atoms with van der Waals surface area (Å²) in [5.74, 6) is 0. The van der Waals surface area contributed by atoms with E-state index >= 15 is 0 Å². The predicted octanol–water partition coefficient (Wildman–Crippen LogP) is 1.90. The Morgan fingerprint density at radius 3 is 2.50 bits per heavy atom. The van der Waals surface area contributed by atoms with Crippen LogP contribution in [0.1, 0.15) is 5.69 Å². The summed E-state index contributed by atoms with van der Waals surface area (Å²) < 4.78 is 44.1. The van der Waals surface area contributed by atoms with Gasteiger partial charge in [0.25, 0.3) is 0 Å². The quantitative estimate of drug-likeness (QED) is 0.825.